The Hall–Kier alpha value is -1.47. The fourth-order valence-electron chi connectivity index (χ4n) is 3.36. The van der Waals surface area contributed by atoms with Gasteiger partial charge in [-0.3, -0.25) is 9.69 Å². The van der Waals surface area contributed by atoms with Crippen molar-refractivity contribution < 1.29 is 14.6 Å². The summed E-state index contributed by atoms with van der Waals surface area (Å²) in [7, 11) is 0. The van der Waals surface area contributed by atoms with E-state index in [2.05, 4.69) is 34.6 Å². The average molecular weight is 333 g/mol. The molecule has 0 saturated carbocycles. The van der Waals surface area contributed by atoms with Crippen molar-refractivity contribution in [2.24, 2.45) is 0 Å². The summed E-state index contributed by atoms with van der Waals surface area (Å²) in [4.78, 5) is 14.5. The molecule has 2 heterocycles. The second kappa shape index (κ2) is 8.07. The van der Waals surface area contributed by atoms with Gasteiger partial charge < -0.3 is 20.5 Å². The summed E-state index contributed by atoms with van der Waals surface area (Å²) >= 11 is 0. The minimum absolute atomic E-state index is 0.0426. The van der Waals surface area contributed by atoms with Crippen LogP contribution in [0, 0.1) is 0 Å². The number of nitrogens with zero attached hydrogens (tertiary/aromatic N) is 1. The molecular weight excluding hydrogens is 306 g/mol. The lowest BCUT2D eigenvalue weighted by molar-refractivity contribution is -0.123. The molecular formula is C18H27N3O3. The van der Waals surface area contributed by atoms with E-state index in [0.717, 1.165) is 31.8 Å². The van der Waals surface area contributed by atoms with Gasteiger partial charge >= 0.3 is 0 Å². The molecule has 0 unspecified atom stereocenters. The number of benzene rings is 1. The van der Waals surface area contributed by atoms with Gasteiger partial charge in [-0.1, -0.05) is 24.3 Å². The van der Waals surface area contributed by atoms with Gasteiger partial charge in [0.05, 0.1) is 24.9 Å². The highest BCUT2D eigenvalue weighted by molar-refractivity contribution is 5.82. The van der Waals surface area contributed by atoms with E-state index in [0.29, 0.717) is 19.5 Å². The fraction of sp³-hybridized carbons (Fsp3) is 0.611. The maximum Gasteiger partial charge on any atom is 0.237 e. The van der Waals surface area contributed by atoms with Crippen molar-refractivity contribution in [1.29, 1.82) is 0 Å². The molecule has 0 radical (unpaired) electrons. The lowest BCUT2D eigenvalue weighted by atomic mass is 10.1. The number of hydrogen-bond acceptors (Lipinski definition) is 5. The largest absolute Gasteiger partial charge is 0.392 e. The summed E-state index contributed by atoms with van der Waals surface area (Å²) < 4.78 is 5.58. The summed E-state index contributed by atoms with van der Waals surface area (Å²) in [6.45, 7) is 6.72. The summed E-state index contributed by atoms with van der Waals surface area (Å²) in [6.07, 6.45) is 0.358. The lowest BCUT2D eigenvalue weighted by Crippen LogP contribution is -2.40. The highest BCUT2D eigenvalue weighted by Crippen LogP contribution is 2.12. The Labute approximate surface area is 143 Å². The molecule has 3 rings (SSSR count). The standard InChI is InChI=1S/C18H27N3O3/c1-13-11-21(5-6-24-13)12-15-4-2-3-14(7-15)9-20-18(23)17-8-16(22)10-19-17/h2-4,7,13,16-17,19,22H,5-6,8-12H2,1H3,(H,20,23)/t13-,16-,17+/m1/s1. The van der Waals surface area contributed by atoms with Crippen LogP contribution < -0.4 is 10.6 Å². The van der Waals surface area contributed by atoms with Crippen LogP contribution >= 0.6 is 0 Å². The average Bonchev–Trinajstić information content (AvgIpc) is 3.00. The highest BCUT2D eigenvalue weighted by Gasteiger charge is 2.27. The number of aliphatic hydroxyl groups excluding tert-OH is 1. The number of nitrogens with one attached hydrogen (secondary N) is 2. The van der Waals surface area contributed by atoms with Crippen molar-refractivity contribution >= 4 is 5.91 Å². The lowest BCUT2D eigenvalue weighted by Gasteiger charge is -2.31. The Balaban J connectivity index is 1.50. The third kappa shape index (κ3) is 4.77. The molecule has 0 aromatic heterocycles. The van der Waals surface area contributed by atoms with Gasteiger partial charge in [-0.25, -0.2) is 0 Å². The predicted octanol–water partition coefficient (Wildman–Crippen LogP) is 0.246. The molecule has 3 atom stereocenters. The summed E-state index contributed by atoms with van der Waals surface area (Å²) in [5.41, 5.74) is 2.35. The van der Waals surface area contributed by atoms with Gasteiger partial charge in [-0.05, 0) is 24.5 Å². The quantitative estimate of drug-likeness (QED) is 0.720. The first-order chi connectivity index (χ1) is 11.6. The predicted molar refractivity (Wildman–Crippen MR) is 91.4 cm³/mol. The van der Waals surface area contributed by atoms with E-state index >= 15 is 0 Å². The van der Waals surface area contributed by atoms with E-state index in [4.69, 9.17) is 4.74 Å². The van der Waals surface area contributed by atoms with Crippen LogP contribution in [0.25, 0.3) is 0 Å². The number of carbonyl (C=O) groups excluding carboxylic acids is 1. The summed E-state index contributed by atoms with van der Waals surface area (Å²) in [6, 6.07) is 8.07. The minimum Gasteiger partial charge on any atom is -0.392 e. The van der Waals surface area contributed by atoms with Gasteiger partial charge in [0, 0.05) is 32.7 Å². The number of β-amino-alcohol motifs (C(OH)–C–C–N with tert-alkyl or cyclic N) is 1. The third-order valence-electron chi connectivity index (χ3n) is 4.61. The SMILES string of the molecule is C[C@@H]1CN(Cc2cccc(CNC(=O)[C@@H]3C[C@@H](O)CN3)c2)CCO1. The zero-order valence-electron chi connectivity index (χ0n) is 14.2. The summed E-state index contributed by atoms with van der Waals surface area (Å²) in [5, 5.41) is 15.5. The van der Waals surface area contributed by atoms with E-state index in [-0.39, 0.29) is 18.1 Å². The molecule has 2 aliphatic rings. The molecule has 2 fully saturated rings. The van der Waals surface area contributed by atoms with E-state index in [1.54, 1.807) is 0 Å². The molecule has 1 amide bonds. The first kappa shape index (κ1) is 17.4. The molecule has 3 N–H and O–H groups in total. The van der Waals surface area contributed by atoms with E-state index in [1.807, 2.05) is 12.1 Å². The number of amides is 1. The summed E-state index contributed by atoms with van der Waals surface area (Å²) in [5.74, 6) is -0.0426. The van der Waals surface area contributed by atoms with Crippen molar-refractivity contribution in [3.63, 3.8) is 0 Å². The Morgan fingerprint density at radius 2 is 2.29 bits per heavy atom. The molecule has 0 bridgehead atoms. The zero-order chi connectivity index (χ0) is 16.9. The van der Waals surface area contributed by atoms with Crippen molar-refractivity contribution in [2.75, 3.05) is 26.2 Å². The maximum atomic E-state index is 12.1. The van der Waals surface area contributed by atoms with Crippen molar-refractivity contribution in [2.45, 2.75) is 44.7 Å². The number of ether oxygens (including phenoxy) is 1. The van der Waals surface area contributed by atoms with Crippen LogP contribution in [-0.2, 0) is 22.6 Å². The molecule has 132 valence electrons. The van der Waals surface area contributed by atoms with E-state index in [9.17, 15) is 9.90 Å². The van der Waals surface area contributed by atoms with Crippen LogP contribution in [0.5, 0.6) is 0 Å². The maximum absolute atomic E-state index is 12.1. The third-order valence-corrected chi connectivity index (χ3v) is 4.61. The Morgan fingerprint density at radius 3 is 3.04 bits per heavy atom. The molecule has 0 aliphatic carbocycles. The molecule has 6 nitrogen and oxygen atoms in total. The smallest absolute Gasteiger partial charge is 0.237 e. The minimum atomic E-state index is -0.417. The zero-order valence-corrected chi connectivity index (χ0v) is 14.2. The monoisotopic (exact) mass is 333 g/mol. The Bertz CT molecular complexity index is 566. The van der Waals surface area contributed by atoms with Gasteiger partial charge in [0.25, 0.3) is 0 Å². The first-order valence-electron chi connectivity index (χ1n) is 8.71. The second-order valence-corrected chi connectivity index (χ2v) is 6.80. The van der Waals surface area contributed by atoms with E-state index < -0.39 is 6.10 Å². The van der Waals surface area contributed by atoms with Crippen LogP contribution in [0.4, 0.5) is 0 Å². The van der Waals surface area contributed by atoms with Gasteiger partial charge in [0.2, 0.25) is 5.91 Å². The number of carbonyl (C=O) groups is 1. The normalized spacial score (nSPS) is 28.0. The van der Waals surface area contributed by atoms with Crippen molar-refractivity contribution in [1.82, 2.24) is 15.5 Å². The number of rotatable bonds is 5. The Kier molecular flexibility index (Phi) is 5.84. The Morgan fingerprint density at radius 1 is 1.46 bits per heavy atom. The molecule has 6 heteroatoms. The van der Waals surface area contributed by atoms with Crippen LogP contribution in [-0.4, -0.2) is 60.4 Å². The van der Waals surface area contributed by atoms with Gasteiger partial charge in [0.15, 0.2) is 0 Å². The molecule has 2 saturated heterocycles. The second-order valence-electron chi connectivity index (χ2n) is 6.80. The number of hydrogen-bond donors (Lipinski definition) is 3. The fourth-order valence-corrected chi connectivity index (χ4v) is 3.36. The van der Waals surface area contributed by atoms with E-state index in [1.165, 1.54) is 5.56 Å². The molecule has 2 aliphatic heterocycles. The highest BCUT2D eigenvalue weighted by atomic mass is 16.5. The van der Waals surface area contributed by atoms with Crippen LogP contribution in [0.3, 0.4) is 0 Å². The van der Waals surface area contributed by atoms with Crippen LogP contribution in [0.2, 0.25) is 0 Å². The van der Waals surface area contributed by atoms with Gasteiger partial charge in [-0.15, -0.1) is 0 Å². The van der Waals surface area contributed by atoms with Crippen LogP contribution in [0.15, 0.2) is 24.3 Å². The van der Waals surface area contributed by atoms with Crippen molar-refractivity contribution in [3.8, 4) is 0 Å². The topological polar surface area (TPSA) is 73.8 Å². The number of aliphatic hydroxyl groups is 1. The molecule has 1 aromatic carbocycles. The molecule has 24 heavy (non-hydrogen) atoms. The van der Waals surface area contributed by atoms with Crippen LogP contribution in [0.1, 0.15) is 24.5 Å². The van der Waals surface area contributed by atoms with Gasteiger partial charge in [-0.2, -0.15) is 0 Å². The van der Waals surface area contributed by atoms with Gasteiger partial charge in [0.1, 0.15) is 0 Å². The number of morpholine rings is 1. The van der Waals surface area contributed by atoms with Crippen molar-refractivity contribution in [3.05, 3.63) is 35.4 Å². The molecule has 0 spiro atoms. The first-order valence-corrected chi connectivity index (χ1v) is 8.71. The molecule has 1 aromatic rings.